The lowest BCUT2D eigenvalue weighted by molar-refractivity contribution is -0.384. The first-order chi connectivity index (χ1) is 10.0. The van der Waals surface area contributed by atoms with E-state index in [9.17, 15) is 14.5 Å². The topological polar surface area (TPSA) is 64.4 Å². The molecule has 0 fully saturated rings. The number of benzene rings is 2. The van der Waals surface area contributed by atoms with Crippen LogP contribution in [-0.4, -0.2) is 12.0 Å². The molecule has 0 aliphatic heterocycles. The maximum atomic E-state index is 13.7. The molecule has 0 unspecified atom stereocenters. The number of aryl methyl sites for hydroxylation is 1. The number of methoxy groups -OCH3 is 1. The summed E-state index contributed by atoms with van der Waals surface area (Å²) in [7, 11) is 1.59. The van der Waals surface area contributed by atoms with Gasteiger partial charge in [-0.05, 0) is 30.2 Å². The summed E-state index contributed by atoms with van der Waals surface area (Å²) in [5, 5.41) is 13.7. The van der Waals surface area contributed by atoms with Crippen LogP contribution in [0.15, 0.2) is 36.4 Å². The molecule has 0 atom stereocenters. The van der Waals surface area contributed by atoms with Gasteiger partial charge in [0.05, 0.1) is 12.0 Å². The molecule has 21 heavy (non-hydrogen) atoms. The third-order valence-electron chi connectivity index (χ3n) is 3.12. The van der Waals surface area contributed by atoms with Gasteiger partial charge in [0, 0.05) is 12.6 Å². The van der Waals surface area contributed by atoms with Gasteiger partial charge in [0.25, 0.3) is 5.69 Å². The Balaban J connectivity index is 2.20. The number of nitro benzene ring substituents is 1. The van der Waals surface area contributed by atoms with Gasteiger partial charge in [-0.3, -0.25) is 10.1 Å². The van der Waals surface area contributed by atoms with Crippen molar-refractivity contribution in [3.8, 4) is 5.75 Å². The summed E-state index contributed by atoms with van der Waals surface area (Å²) < 4.78 is 18.9. The number of rotatable bonds is 5. The van der Waals surface area contributed by atoms with Crippen LogP contribution in [0.5, 0.6) is 5.75 Å². The molecule has 0 aromatic heterocycles. The van der Waals surface area contributed by atoms with E-state index in [1.807, 2.05) is 25.1 Å². The molecule has 0 aliphatic rings. The molecule has 110 valence electrons. The van der Waals surface area contributed by atoms with Crippen molar-refractivity contribution in [2.75, 3.05) is 12.4 Å². The molecule has 2 aromatic carbocycles. The molecule has 5 nitrogen and oxygen atoms in total. The van der Waals surface area contributed by atoms with Crippen molar-refractivity contribution in [1.29, 1.82) is 0 Å². The SMILES string of the molecule is COc1ccc(CNc2c(F)cccc2[N+](=O)[O-])cc1C. The molecule has 0 spiro atoms. The first kappa shape index (κ1) is 14.8. The number of nitrogens with one attached hydrogen (secondary N) is 1. The molecule has 0 saturated heterocycles. The van der Waals surface area contributed by atoms with Crippen LogP contribution in [0.4, 0.5) is 15.8 Å². The van der Waals surface area contributed by atoms with Gasteiger partial charge in [-0.1, -0.05) is 18.2 Å². The first-order valence-corrected chi connectivity index (χ1v) is 6.33. The van der Waals surface area contributed by atoms with Crippen molar-refractivity contribution in [1.82, 2.24) is 0 Å². The van der Waals surface area contributed by atoms with E-state index >= 15 is 0 Å². The second-order valence-corrected chi connectivity index (χ2v) is 4.55. The zero-order chi connectivity index (χ0) is 15.4. The summed E-state index contributed by atoms with van der Waals surface area (Å²) in [4.78, 5) is 10.3. The van der Waals surface area contributed by atoms with Crippen molar-refractivity contribution < 1.29 is 14.1 Å². The lowest BCUT2D eigenvalue weighted by atomic mass is 10.1. The summed E-state index contributed by atoms with van der Waals surface area (Å²) >= 11 is 0. The smallest absolute Gasteiger partial charge is 0.295 e. The number of ether oxygens (including phenoxy) is 1. The van der Waals surface area contributed by atoms with Gasteiger partial charge in [0.15, 0.2) is 5.82 Å². The monoisotopic (exact) mass is 290 g/mol. The highest BCUT2D eigenvalue weighted by Gasteiger charge is 2.17. The molecule has 0 heterocycles. The molecular weight excluding hydrogens is 275 g/mol. The van der Waals surface area contributed by atoms with Crippen LogP contribution in [0, 0.1) is 22.9 Å². The number of hydrogen-bond donors (Lipinski definition) is 1. The number of nitrogens with zero attached hydrogens (tertiary/aromatic N) is 1. The van der Waals surface area contributed by atoms with E-state index in [0.29, 0.717) is 0 Å². The predicted octanol–water partition coefficient (Wildman–Crippen LogP) is 3.66. The minimum atomic E-state index is -0.644. The molecule has 1 N–H and O–H groups in total. The van der Waals surface area contributed by atoms with E-state index in [1.54, 1.807) is 7.11 Å². The Labute approximate surface area is 121 Å². The van der Waals surface area contributed by atoms with E-state index in [1.165, 1.54) is 18.2 Å². The molecule has 0 amide bonds. The largest absolute Gasteiger partial charge is 0.496 e. The Kier molecular flexibility index (Phi) is 4.37. The van der Waals surface area contributed by atoms with Gasteiger partial charge in [0.2, 0.25) is 0 Å². The first-order valence-electron chi connectivity index (χ1n) is 6.33. The minimum absolute atomic E-state index is 0.101. The zero-order valence-corrected chi connectivity index (χ0v) is 11.7. The van der Waals surface area contributed by atoms with Crippen molar-refractivity contribution in [3.05, 3.63) is 63.5 Å². The van der Waals surface area contributed by atoms with E-state index < -0.39 is 10.7 Å². The molecule has 2 rings (SSSR count). The van der Waals surface area contributed by atoms with Crippen molar-refractivity contribution in [2.45, 2.75) is 13.5 Å². The van der Waals surface area contributed by atoms with Crippen molar-refractivity contribution >= 4 is 11.4 Å². The highest BCUT2D eigenvalue weighted by Crippen LogP contribution is 2.28. The van der Waals surface area contributed by atoms with Crippen molar-refractivity contribution in [3.63, 3.8) is 0 Å². The lowest BCUT2D eigenvalue weighted by Gasteiger charge is -2.10. The predicted molar refractivity (Wildman–Crippen MR) is 78.1 cm³/mol. The average molecular weight is 290 g/mol. The average Bonchev–Trinajstić information content (AvgIpc) is 2.45. The quantitative estimate of drug-likeness (QED) is 0.674. The van der Waals surface area contributed by atoms with E-state index in [4.69, 9.17) is 4.74 Å². The Bertz CT molecular complexity index is 674. The summed E-state index contributed by atoms with van der Waals surface area (Å²) in [6.45, 7) is 2.18. The van der Waals surface area contributed by atoms with Crippen LogP contribution in [0.3, 0.4) is 0 Å². The van der Waals surface area contributed by atoms with Crippen LogP contribution >= 0.6 is 0 Å². The third kappa shape index (κ3) is 3.28. The number of para-hydroxylation sites is 1. The molecule has 0 radical (unpaired) electrons. The molecule has 2 aromatic rings. The van der Waals surface area contributed by atoms with Crippen molar-refractivity contribution in [2.24, 2.45) is 0 Å². The Morgan fingerprint density at radius 2 is 2.10 bits per heavy atom. The summed E-state index contributed by atoms with van der Waals surface area (Å²) in [5.74, 6) is 0.116. The minimum Gasteiger partial charge on any atom is -0.496 e. The normalized spacial score (nSPS) is 10.2. The number of nitro groups is 1. The number of anilines is 1. The van der Waals surface area contributed by atoms with Gasteiger partial charge in [-0.15, -0.1) is 0 Å². The molecule has 0 aliphatic carbocycles. The maximum Gasteiger partial charge on any atom is 0.295 e. The highest BCUT2D eigenvalue weighted by atomic mass is 19.1. The van der Waals surface area contributed by atoms with Gasteiger partial charge < -0.3 is 10.1 Å². The van der Waals surface area contributed by atoms with Crippen LogP contribution in [-0.2, 0) is 6.54 Å². The maximum absolute atomic E-state index is 13.7. The Morgan fingerprint density at radius 3 is 2.71 bits per heavy atom. The summed E-state index contributed by atoms with van der Waals surface area (Å²) in [6, 6.07) is 9.29. The standard InChI is InChI=1S/C15H15FN2O3/c1-10-8-11(6-7-14(10)21-2)9-17-15-12(16)4-3-5-13(15)18(19)20/h3-8,17H,9H2,1-2H3. The Morgan fingerprint density at radius 1 is 1.33 bits per heavy atom. The fraction of sp³-hybridized carbons (Fsp3) is 0.200. The summed E-state index contributed by atoms with van der Waals surface area (Å²) in [6.07, 6.45) is 0. The molecule has 0 bridgehead atoms. The second-order valence-electron chi connectivity index (χ2n) is 4.55. The van der Waals surface area contributed by atoms with E-state index in [-0.39, 0.29) is 17.9 Å². The van der Waals surface area contributed by atoms with E-state index in [0.717, 1.165) is 16.9 Å². The zero-order valence-electron chi connectivity index (χ0n) is 11.7. The van der Waals surface area contributed by atoms with Crippen LogP contribution in [0.25, 0.3) is 0 Å². The fourth-order valence-corrected chi connectivity index (χ4v) is 2.08. The van der Waals surface area contributed by atoms with Gasteiger partial charge in [0.1, 0.15) is 11.4 Å². The van der Waals surface area contributed by atoms with Crippen LogP contribution in [0.2, 0.25) is 0 Å². The van der Waals surface area contributed by atoms with Crippen LogP contribution < -0.4 is 10.1 Å². The highest BCUT2D eigenvalue weighted by molar-refractivity contribution is 5.62. The van der Waals surface area contributed by atoms with Crippen LogP contribution in [0.1, 0.15) is 11.1 Å². The van der Waals surface area contributed by atoms with Gasteiger partial charge in [-0.2, -0.15) is 0 Å². The Hall–Kier alpha value is -2.63. The summed E-state index contributed by atoms with van der Waals surface area (Å²) in [5.41, 5.74) is 1.45. The fourth-order valence-electron chi connectivity index (χ4n) is 2.08. The second kappa shape index (κ2) is 6.21. The molecule has 0 saturated carbocycles. The number of halogens is 1. The van der Waals surface area contributed by atoms with Gasteiger partial charge in [-0.25, -0.2) is 4.39 Å². The number of hydrogen-bond acceptors (Lipinski definition) is 4. The van der Waals surface area contributed by atoms with E-state index in [2.05, 4.69) is 5.32 Å². The lowest BCUT2D eigenvalue weighted by Crippen LogP contribution is -2.05. The molecule has 6 heteroatoms. The van der Waals surface area contributed by atoms with Gasteiger partial charge >= 0.3 is 0 Å². The molecular formula is C15H15FN2O3. The third-order valence-corrected chi connectivity index (χ3v) is 3.12.